The molecule has 5 heteroatoms. The Bertz CT molecular complexity index is 2650. The number of hydrogen-bond donors (Lipinski definition) is 0. The molecule has 0 atom stereocenters. The van der Waals surface area contributed by atoms with Crippen LogP contribution < -0.4 is 4.74 Å². The molecule has 1 aliphatic carbocycles. The molecule has 0 bridgehead atoms. The molecule has 0 amide bonds. The van der Waals surface area contributed by atoms with Gasteiger partial charge in [-0.15, -0.1) is 0 Å². The number of hydrogen-bond acceptors (Lipinski definition) is 4. The van der Waals surface area contributed by atoms with Gasteiger partial charge in [0.2, 0.25) is 0 Å². The van der Waals surface area contributed by atoms with Crippen molar-refractivity contribution in [2.24, 2.45) is 0 Å². The fourth-order valence-corrected chi connectivity index (χ4v) is 8.27. The monoisotopic (exact) mass is 686 g/mol. The number of benzene rings is 6. The van der Waals surface area contributed by atoms with Gasteiger partial charge >= 0.3 is 0 Å². The van der Waals surface area contributed by atoms with Crippen LogP contribution in [0.25, 0.3) is 78.6 Å². The summed E-state index contributed by atoms with van der Waals surface area (Å²) in [5.41, 5.74) is 15.3. The van der Waals surface area contributed by atoms with Crippen molar-refractivity contribution in [3.63, 3.8) is 0 Å². The number of imidazole rings is 1. The third-order valence-electron chi connectivity index (χ3n) is 11.1. The van der Waals surface area contributed by atoms with E-state index < -0.39 is 0 Å². The first kappa shape index (κ1) is 31.4. The van der Waals surface area contributed by atoms with Crippen LogP contribution in [0.1, 0.15) is 38.8 Å². The summed E-state index contributed by atoms with van der Waals surface area (Å²) in [6.45, 7) is 9.70. The molecule has 0 N–H and O–H groups in total. The van der Waals surface area contributed by atoms with Crippen molar-refractivity contribution in [2.45, 2.75) is 38.6 Å². The quantitative estimate of drug-likeness (QED) is 0.181. The first-order chi connectivity index (χ1) is 25.7. The van der Waals surface area contributed by atoms with Gasteiger partial charge in [0.25, 0.3) is 0 Å². The van der Waals surface area contributed by atoms with Gasteiger partial charge in [-0.25, -0.2) is 15.0 Å². The SMILES string of the molecule is CC1(C)c2cc(-c3ccc(-c4nc5cccc6c5n4C(C)(C)CO6)cc3)ccc2-c2ccc(-c3nc(-c4ccccc4)cc(-c4ccccc4)n3)cc21. The Balaban J connectivity index is 1.01. The van der Waals surface area contributed by atoms with Gasteiger partial charge in [0.15, 0.2) is 5.82 Å². The molecule has 8 aromatic rings. The summed E-state index contributed by atoms with van der Waals surface area (Å²) < 4.78 is 8.47. The maximum absolute atomic E-state index is 6.12. The maximum atomic E-state index is 6.12. The number of rotatable bonds is 5. The molecule has 5 nitrogen and oxygen atoms in total. The molecule has 0 unspecified atom stereocenters. The van der Waals surface area contributed by atoms with Crippen LogP contribution in [0.5, 0.6) is 5.75 Å². The van der Waals surface area contributed by atoms with Gasteiger partial charge in [0.1, 0.15) is 23.7 Å². The molecule has 0 radical (unpaired) electrons. The summed E-state index contributed by atoms with van der Waals surface area (Å²) >= 11 is 0. The lowest BCUT2D eigenvalue weighted by Gasteiger charge is -2.33. The van der Waals surface area contributed by atoms with Crippen LogP contribution in [-0.4, -0.2) is 26.1 Å². The van der Waals surface area contributed by atoms with Gasteiger partial charge in [-0.2, -0.15) is 0 Å². The second-order valence-electron chi connectivity index (χ2n) is 15.4. The highest BCUT2D eigenvalue weighted by molar-refractivity contribution is 5.88. The lowest BCUT2D eigenvalue weighted by molar-refractivity contribution is 0.173. The van der Waals surface area contributed by atoms with Crippen molar-refractivity contribution < 1.29 is 4.74 Å². The lowest BCUT2D eigenvalue weighted by atomic mass is 9.81. The molecule has 256 valence electrons. The highest BCUT2D eigenvalue weighted by Crippen LogP contribution is 2.51. The Morgan fingerprint density at radius 1 is 0.509 bits per heavy atom. The van der Waals surface area contributed by atoms with E-state index in [1.54, 1.807) is 0 Å². The molecule has 0 saturated carbocycles. The fraction of sp³-hybridized carbons (Fsp3) is 0.146. The van der Waals surface area contributed by atoms with E-state index in [-0.39, 0.29) is 11.0 Å². The third kappa shape index (κ3) is 5.02. The molecule has 0 fully saturated rings. The minimum absolute atomic E-state index is 0.208. The van der Waals surface area contributed by atoms with Crippen molar-refractivity contribution in [3.8, 4) is 73.3 Å². The van der Waals surface area contributed by atoms with E-state index in [0.29, 0.717) is 6.61 Å². The molecule has 0 spiro atoms. The molecule has 0 saturated heterocycles. The molecule has 2 aliphatic rings. The number of para-hydroxylation sites is 1. The lowest BCUT2D eigenvalue weighted by Crippen LogP contribution is -2.36. The zero-order valence-corrected chi connectivity index (χ0v) is 30.3. The molecule has 1 aliphatic heterocycles. The highest BCUT2D eigenvalue weighted by atomic mass is 16.5. The smallest absolute Gasteiger partial charge is 0.160 e. The van der Waals surface area contributed by atoms with Crippen molar-refractivity contribution in [2.75, 3.05) is 6.61 Å². The average molecular weight is 687 g/mol. The number of nitrogens with zero attached hydrogens (tertiary/aromatic N) is 4. The first-order valence-corrected chi connectivity index (χ1v) is 18.3. The van der Waals surface area contributed by atoms with Gasteiger partial charge in [0.05, 0.1) is 22.4 Å². The molecule has 53 heavy (non-hydrogen) atoms. The second kappa shape index (κ2) is 11.6. The summed E-state index contributed by atoms with van der Waals surface area (Å²) in [5, 5.41) is 0. The number of aromatic nitrogens is 4. The molecular formula is C48H38N4O. The predicted molar refractivity (Wildman–Crippen MR) is 215 cm³/mol. The first-order valence-electron chi connectivity index (χ1n) is 18.3. The second-order valence-corrected chi connectivity index (χ2v) is 15.4. The van der Waals surface area contributed by atoms with Crippen LogP contribution in [0.3, 0.4) is 0 Å². The predicted octanol–water partition coefficient (Wildman–Crippen LogP) is 11.6. The van der Waals surface area contributed by atoms with Gasteiger partial charge in [-0.3, -0.25) is 0 Å². The molecule has 2 aromatic heterocycles. The maximum Gasteiger partial charge on any atom is 0.160 e. The summed E-state index contributed by atoms with van der Waals surface area (Å²) in [7, 11) is 0. The minimum Gasteiger partial charge on any atom is -0.489 e. The summed E-state index contributed by atoms with van der Waals surface area (Å²) in [6, 6.07) is 51.5. The van der Waals surface area contributed by atoms with E-state index >= 15 is 0 Å². The number of fused-ring (bicyclic) bond motifs is 3. The molecule has 3 heterocycles. The summed E-state index contributed by atoms with van der Waals surface area (Å²) in [5.74, 6) is 2.60. The van der Waals surface area contributed by atoms with Crippen molar-refractivity contribution >= 4 is 11.0 Å². The van der Waals surface area contributed by atoms with Crippen molar-refractivity contribution in [1.82, 2.24) is 19.5 Å². The van der Waals surface area contributed by atoms with E-state index in [1.165, 1.54) is 33.4 Å². The van der Waals surface area contributed by atoms with E-state index in [9.17, 15) is 0 Å². The van der Waals surface area contributed by atoms with Gasteiger partial charge in [-0.1, -0.05) is 129 Å². The van der Waals surface area contributed by atoms with Crippen LogP contribution in [0, 0.1) is 0 Å². The highest BCUT2D eigenvalue weighted by Gasteiger charge is 2.36. The molecule has 6 aromatic carbocycles. The summed E-state index contributed by atoms with van der Waals surface area (Å²) in [4.78, 5) is 15.3. The normalized spacial score (nSPS) is 14.8. The van der Waals surface area contributed by atoms with E-state index in [4.69, 9.17) is 19.7 Å². The van der Waals surface area contributed by atoms with Crippen LogP contribution in [0.15, 0.2) is 146 Å². The Labute approximate surface area is 309 Å². The third-order valence-corrected chi connectivity index (χ3v) is 11.1. The Hall–Kier alpha value is -6.33. The summed E-state index contributed by atoms with van der Waals surface area (Å²) in [6.07, 6.45) is 0. The van der Waals surface area contributed by atoms with Crippen LogP contribution >= 0.6 is 0 Å². The van der Waals surface area contributed by atoms with Crippen LogP contribution in [0.2, 0.25) is 0 Å². The molecular weight excluding hydrogens is 649 g/mol. The minimum atomic E-state index is -0.210. The van der Waals surface area contributed by atoms with Crippen LogP contribution in [-0.2, 0) is 11.0 Å². The van der Waals surface area contributed by atoms with E-state index in [2.05, 4.69) is 154 Å². The standard InChI is InChI=1S/C48H38N4O/c1-47(2)29-53-43-17-11-16-40-44(43)52(47)46(51-40)33-20-18-30(19-21-33)34-22-24-36-37-25-23-35(27-39(37)48(3,4)38(36)26-34)45-49-41(31-12-7-5-8-13-31)28-42(50-45)32-14-9-6-10-15-32/h5-28H,29H2,1-4H3. The van der Waals surface area contributed by atoms with E-state index in [1.807, 2.05) is 24.3 Å². The average Bonchev–Trinajstić information content (AvgIpc) is 3.71. The van der Waals surface area contributed by atoms with Gasteiger partial charge in [-0.05, 0) is 77.6 Å². The largest absolute Gasteiger partial charge is 0.489 e. The Morgan fingerprint density at radius 3 is 1.72 bits per heavy atom. The Kier molecular flexibility index (Phi) is 6.87. The Morgan fingerprint density at radius 2 is 1.08 bits per heavy atom. The van der Waals surface area contributed by atoms with Crippen LogP contribution in [0.4, 0.5) is 0 Å². The zero-order valence-electron chi connectivity index (χ0n) is 30.3. The van der Waals surface area contributed by atoms with Gasteiger partial charge in [0, 0.05) is 27.7 Å². The zero-order chi connectivity index (χ0) is 35.9. The van der Waals surface area contributed by atoms with Crippen molar-refractivity contribution in [1.29, 1.82) is 0 Å². The number of ether oxygens (including phenoxy) is 1. The van der Waals surface area contributed by atoms with Crippen molar-refractivity contribution in [3.05, 3.63) is 157 Å². The topological polar surface area (TPSA) is 52.8 Å². The molecule has 10 rings (SSSR count). The van der Waals surface area contributed by atoms with E-state index in [0.717, 1.165) is 62.1 Å². The van der Waals surface area contributed by atoms with Gasteiger partial charge < -0.3 is 9.30 Å². The fourth-order valence-electron chi connectivity index (χ4n) is 8.27.